The minimum Gasteiger partial charge on any atom is -0.468 e. The highest BCUT2D eigenvalue weighted by atomic mass is 32.2. The molecule has 0 spiro atoms. The van der Waals surface area contributed by atoms with E-state index in [1.165, 1.54) is 19.2 Å². The van der Waals surface area contributed by atoms with Crippen LogP contribution >= 0.6 is 11.8 Å². The molecule has 0 amide bonds. The number of carbonyl (C=O) groups excluding carboxylic acids is 1. The zero-order valence-corrected chi connectivity index (χ0v) is 13.5. The topological polar surface area (TPSA) is 73.1 Å². The van der Waals surface area contributed by atoms with E-state index in [-0.39, 0.29) is 12.5 Å². The monoisotopic (exact) mass is 321 g/mol. The summed E-state index contributed by atoms with van der Waals surface area (Å²) in [6, 6.07) is 0.428. The number of aromatic nitrogens is 4. The summed E-state index contributed by atoms with van der Waals surface area (Å²) in [6.45, 7) is 3.24. The summed E-state index contributed by atoms with van der Waals surface area (Å²) in [7, 11) is 1.37. The van der Waals surface area contributed by atoms with Gasteiger partial charge in [-0.15, -0.1) is 0 Å². The van der Waals surface area contributed by atoms with Crippen LogP contribution in [0.4, 0.5) is 5.82 Å². The molecule has 1 saturated heterocycles. The van der Waals surface area contributed by atoms with Crippen molar-refractivity contribution in [1.29, 1.82) is 0 Å². The molecular formula is C14H19N5O2S. The predicted octanol–water partition coefficient (Wildman–Crippen LogP) is 1.33. The fourth-order valence-electron chi connectivity index (χ4n) is 2.62. The molecule has 0 aliphatic carbocycles. The van der Waals surface area contributed by atoms with Crippen molar-refractivity contribution in [3.63, 3.8) is 0 Å². The summed E-state index contributed by atoms with van der Waals surface area (Å²) in [5, 5.41) is 5.15. The molecule has 8 heteroatoms. The lowest BCUT2D eigenvalue weighted by Gasteiger charge is -2.28. The van der Waals surface area contributed by atoms with E-state index >= 15 is 0 Å². The normalized spacial score (nSPS) is 19.2. The highest BCUT2D eigenvalue weighted by molar-refractivity contribution is 7.99. The van der Waals surface area contributed by atoms with Gasteiger partial charge in [0.1, 0.15) is 18.7 Å². The Morgan fingerprint density at radius 2 is 2.32 bits per heavy atom. The highest BCUT2D eigenvalue weighted by Crippen LogP contribution is 2.27. The molecule has 0 bridgehead atoms. The number of fused-ring (bicyclic) bond motifs is 1. The Kier molecular flexibility index (Phi) is 4.47. The maximum absolute atomic E-state index is 11.5. The van der Waals surface area contributed by atoms with Crippen molar-refractivity contribution in [1.82, 2.24) is 19.7 Å². The van der Waals surface area contributed by atoms with Crippen molar-refractivity contribution in [2.24, 2.45) is 0 Å². The number of nitrogens with zero attached hydrogens (tertiary/aromatic N) is 5. The lowest BCUT2D eigenvalue weighted by Crippen LogP contribution is -2.34. The third-order valence-corrected chi connectivity index (χ3v) is 4.88. The van der Waals surface area contributed by atoms with Gasteiger partial charge in [-0.25, -0.2) is 14.6 Å². The second kappa shape index (κ2) is 6.51. The van der Waals surface area contributed by atoms with Crippen LogP contribution in [0.3, 0.4) is 0 Å². The number of carbonyl (C=O) groups is 1. The zero-order valence-electron chi connectivity index (χ0n) is 12.7. The molecular weight excluding hydrogens is 302 g/mol. The van der Waals surface area contributed by atoms with Gasteiger partial charge in [0, 0.05) is 18.3 Å². The number of rotatable bonds is 3. The second-order valence-electron chi connectivity index (χ2n) is 5.26. The van der Waals surface area contributed by atoms with Crippen molar-refractivity contribution >= 4 is 34.6 Å². The summed E-state index contributed by atoms with van der Waals surface area (Å²) in [6.07, 6.45) is 4.41. The van der Waals surface area contributed by atoms with E-state index in [1.807, 2.05) is 11.8 Å². The molecule has 7 nitrogen and oxygen atoms in total. The fraction of sp³-hybridized carbons (Fsp3) is 0.571. The molecule has 2 aromatic heterocycles. The number of methoxy groups -OCH3 is 1. The molecule has 1 fully saturated rings. The summed E-state index contributed by atoms with van der Waals surface area (Å²) in [4.78, 5) is 22.5. The summed E-state index contributed by atoms with van der Waals surface area (Å²) in [5.41, 5.74) is 0.666. The van der Waals surface area contributed by atoms with Crippen LogP contribution in [0.5, 0.6) is 0 Å². The zero-order chi connectivity index (χ0) is 15.5. The van der Waals surface area contributed by atoms with Gasteiger partial charge in [0.25, 0.3) is 0 Å². The van der Waals surface area contributed by atoms with E-state index in [1.54, 1.807) is 10.9 Å². The number of anilines is 1. The Balaban J connectivity index is 1.98. The van der Waals surface area contributed by atoms with Gasteiger partial charge in [0.05, 0.1) is 18.7 Å². The summed E-state index contributed by atoms with van der Waals surface area (Å²) >= 11 is 1.97. The molecule has 0 saturated carbocycles. The minimum absolute atomic E-state index is 0.0574. The number of hydrogen-bond acceptors (Lipinski definition) is 7. The lowest BCUT2D eigenvalue weighted by molar-refractivity contribution is -0.141. The van der Waals surface area contributed by atoms with E-state index < -0.39 is 0 Å². The molecule has 22 heavy (non-hydrogen) atoms. The van der Waals surface area contributed by atoms with Gasteiger partial charge in [-0.1, -0.05) is 0 Å². The summed E-state index contributed by atoms with van der Waals surface area (Å²) < 4.78 is 6.26. The van der Waals surface area contributed by atoms with Gasteiger partial charge < -0.3 is 9.64 Å². The number of thioether (sulfide) groups is 1. The van der Waals surface area contributed by atoms with E-state index in [4.69, 9.17) is 4.74 Å². The Hall–Kier alpha value is -1.83. The highest BCUT2D eigenvalue weighted by Gasteiger charge is 2.22. The van der Waals surface area contributed by atoms with Crippen LogP contribution in [-0.4, -0.2) is 56.9 Å². The molecule has 3 rings (SSSR count). The van der Waals surface area contributed by atoms with Crippen molar-refractivity contribution in [3.05, 3.63) is 12.5 Å². The van der Waals surface area contributed by atoms with Crippen LogP contribution in [0.15, 0.2) is 12.5 Å². The Bertz CT molecular complexity index is 674. The molecule has 118 valence electrons. The van der Waals surface area contributed by atoms with Crippen molar-refractivity contribution in [2.75, 3.05) is 30.1 Å². The van der Waals surface area contributed by atoms with Crippen LogP contribution in [0.1, 0.15) is 13.3 Å². The average Bonchev–Trinajstić information content (AvgIpc) is 2.81. The largest absolute Gasteiger partial charge is 0.468 e. The molecule has 3 heterocycles. The van der Waals surface area contributed by atoms with Gasteiger partial charge in [0.15, 0.2) is 5.65 Å². The third-order valence-electron chi connectivity index (χ3n) is 3.88. The van der Waals surface area contributed by atoms with Crippen LogP contribution in [0.2, 0.25) is 0 Å². The maximum Gasteiger partial charge on any atom is 0.327 e. The Morgan fingerprint density at radius 3 is 3.14 bits per heavy atom. The third kappa shape index (κ3) is 2.87. The van der Waals surface area contributed by atoms with E-state index in [9.17, 15) is 4.79 Å². The summed E-state index contributed by atoms with van der Waals surface area (Å²) in [5.74, 6) is 2.82. The van der Waals surface area contributed by atoms with Crippen molar-refractivity contribution < 1.29 is 9.53 Å². The van der Waals surface area contributed by atoms with Crippen LogP contribution in [0, 0.1) is 0 Å². The standard InChI is InChI=1S/C14H19N5O2S/c1-10-3-5-22-6-4-18(10)13-11-7-17-19(8-12(20)21-2)14(11)16-9-15-13/h7,9-10H,3-6,8H2,1-2H3/t10-/m0/s1. The van der Waals surface area contributed by atoms with Crippen LogP contribution in [0.25, 0.3) is 11.0 Å². The van der Waals surface area contributed by atoms with Crippen molar-refractivity contribution in [2.45, 2.75) is 25.9 Å². The van der Waals surface area contributed by atoms with Crippen LogP contribution in [-0.2, 0) is 16.1 Å². The van der Waals surface area contributed by atoms with Gasteiger partial charge in [-0.05, 0) is 19.1 Å². The first-order valence-corrected chi connectivity index (χ1v) is 8.44. The van der Waals surface area contributed by atoms with Crippen LogP contribution < -0.4 is 4.90 Å². The second-order valence-corrected chi connectivity index (χ2v) is 6.48. The smallest absolute Gasteiger partial charge is 0.327 e. The van der Waals surface area contributed by atoms with Gasteiger partial charge in [0.2, 0.25) is 0 Å². The quantitative estimate of drug-likeness (QED) is 0.790. The molecule has 1 aliphatic heterocycles. The Morgan fingerprint density at radius 1 is 1.45 bits per heavy atom. The van der Waals surface area contributed by atoms with Crippen molar-refractivity contribution in [3.8, 4) is 0 Å². The fourth-order valence-corrected chi connectivity index (χ4v) is 3.66. The SMILES string of the molecule is COC(=O)Cn1ncc2c(N3CCSCC[C@@H]3C)ncnc21. The molecule has 1 aliphatic rings. The number of hydrogen-bond donors (Lipinski definition) is 0. The van der Waals surface area contributed by atoms with Gasteiger partial charge >= 0.3 is 5.97 Å². The molecule has 0 N–H and O–H groups in total. The maximum atomic E-state index is 11.5. The van der Waals surface area contributed by atoms with E-state index in [2.05, 4.69) is 26.9 Å². The molecule has 0 radical (unpaired) electrons. The predicted molar refractivity (Wildman–Crippen MR) is 86.1 cm³/mol. The Labute approximate surface area is 133 Å². The van der Waals surface area contributed by atoms with E-state index in [0.717, 1.165) is 29.9 Å². The first kappa shape index (κ1) is 15.1. The molecule has 1 atom stereocenters. The molecule has 0 aromatic carbocycles. The first-order chi connectivity index (χ1) is 10.7. The number of esters is 1. The lowest BCUT2D eigenvalue weighted by atomic mass is 10.2. The van der Waals surface area contributed by atoms with E-state index in [0.29, 0.717) is 11.7 Å². The van der Waals surface area contributed by atoms with Gasteiger partial charge in [-0.3, -0.25) is 4.79 Å². The number of ether oxygens (including phenoxy) is 1. The average molecular weight is 321 g/mol. The molecule has 0 unspecified atom stereocenters. The van der Waals surface area contributed by atoms with Gasteiger partial charge in [-0.2, -0.15) is 16.9 Å². The first-order valence-electron chi connectivity index (χ1n) is 7.28. The molecule has 2 aromatic rings. The minimum atomic E-state index is -0.343.